The van der Waals surface area contributed by atoms with Gasteiger partial charge in [-0.3, -0.25) is 14.5 Å². The first-order chi connectivity index (χ1) is 12.7. The van der Waals surface area contributed by atoms with Crippen molar-refractivity contribution in [2.45, 2.75) is 19.4 Å². The van der Waals surface area contributed by atoms with Crippen LogP contribution >= 0.6 is 0 Å². The fraction of sp³-hybridized carbons (Fsp3) is 0.333. The number of rotatable bonds is 6. The first kappa shape index (κ1) is 18.1. The monoisotopic (exact) mass is 351 g/mol. The summed E-state index contributed by atoms with van der Waals surface area (Å²) in [7, 11) is 0. The van der Waals surface area contributed by atoms with E-state index in [0.717, 1.165) is 30.6 Å². The highest BCUT2D eigenvalue weighted by atomic mass is 16.2. The van der Waals surface area contributed by atoms with Gasteiger partial charge < -0.3 is 10.6 Å². The summed E-state index contributed by atoms with van der Waals surface area (Å²) in [6.07, 6.45) is 1.79. The number of hydrogen-bond acceptors (Lipinski definition) is 3. The quantitative estimate of drug-likeness (QED) is 0.841. The van der Waals surface area contributed by atoms with E-state index >= 15 is 0 Å². The highest BCUT2D eigenvalue weighted by molar-refractivity contribution is 5.92. The largest absolute Gasteiger partial charge is 0.351 e. The standard InChI is InChI=1S/C21H25N3O2/c25-20(22-14-17-8-3-1-4-9-17)16-24-13-7-10-18(15-24)21(26)23-19-11-5-2-6-12-19/h1-6,8-9,11-12,18H,7,10,13-16H2,(H,22,25)(H,23,26). The highest BCUT2D eigenvalue weighted by Gasteiger charge is 2.26. The van der Waals surface area contributed by atoms with Gasteiger partial charge >= 0.3 is 0 Å². The maximum absolute atomic E-state index is 12.5. The van der Waals surface area contributed by atoms with Gasteiger partial charge in [-0.25, -0.2) is 0 Å². The average Bonchev–Trinajstić information content (AvgIpc) is 2.68. The smallest absolute Gasteiger partial charge is 0.234 e. The van der Waals surface area contributed by atoms with Gasteiger partial charge in [0.05, 0.1) is 12.5 Å². The number of piperidine rings is 1. The topological polar surface area (TPSA) is 61.4 Å². The third-order valence-electron chi connectivity index (χ3n) is 4.62. The molecule has 1 saturated heterocycles. The molecule has 1 unspecified atom stereocenters. The van der Waals surface area contributed by atoms with E-state index in [1.165, 1.54) is 0 Å². The normalized spacial score (nSPS) is 17.5. The van der Waals surface area contributed by atoms with Gasteiger partial charge in [0.2, 0.25) is 11.8 Å². The zero-order valence-corrected chi connectivity index (χ0v) is 14.9. The minimum Gasteiger partial charge on any atom is -0.351 e. The predicted octanol–water partition coefficient (Wildman–Crippen LogP) is 2.65. The van der Waals surface area contributed by atoms with E-state index < -0.39 is 0 Å². The van der Waals surface area contributed by atoms with Crippen LogP contribution in [-0.4, -0.2) is 36.3 Å². The van der Waals surface area contributed by atoms with E-state index in [0.29, 0.717) is 19.6 Å². The molecule has 1 atom stereocenters. The first-order valence-electron chi connectivity index (χ1n) is 9.09. The molecule has 136 valence electrons. The Hall–Kier alpha value is -2.66. The molecule has 0 bridgehead atoms. The number of nitrogens with zero attached hydrogens (tertiary/aromatic N) is 1. The molecule has 2 aromatic rings. The molecule has 3 rings (SSSR count). The van der Waals surface area contributed by atoms with E-state index in [9.17, 15) is 9.59 Å². The number of carbonyl (C=O) groups is 2. The number of para-hydroxylation sites is 1. The molecular formula is C21H25N3O2. The van der Waals surface area contributed by atoms with Gasteiger partial charge in [-0.2, -0.15) is 0 Å². The first-order valence-corrected chi connectivity index (χ1v) is 9.09. The third kappa shape index (κ3) is 5.43. The Labute approximate surface area is 154 Å². The molecule has 2 N–H and O–H groups in total. The molecule has 1 fully saturated rings. The third-order valence-corrected chi connectivity index (χ3v) is 4.62. The Morgan fingerprint density at radius 2 is 1.69 bits per heavy atom. The van der Waals surface area contributed by atoms with Crippen LogP contribution in [0.2, 0.25) is 0 Å². The van der Waals surface area contributed by atoms with Gasteiger partial charge in [0.15, 0.2) is 0 Å². The van der Waals surface area contributed by atoms with Crippen LogP contribution in [0, 0.1) is 5.92 Å². The Balaban J connectivity index is 1.45. The molecule has 0 aromatic heterocycles. The fourth-order valence-electron chi connectivity index (χ4n) is 3.23. The lowest BCUT2D eigenvalue weighted by Crippen LogP contribution is -2.45. The molecule has 5 heteroatoms. The van der Waals surface area contributed by atoms with Gasteiger partial charge in [-0.1, -0.05) is 48.5 Å². The molecule has 1 aliphatic heterocycles. The van der Waals surface area contributed by atoms with Gasteiger partial charge in [0, 0.05) is 18.8 Å². The van der Waals surface area contributed by atoms with Crippen molar-refractivity contribution in [1.29, 1.82) is 0 Å². The molecule has 2 aromatic carbocycles. The Morgan fingerprint density at radius 1 is 1.00 bits per heavy atom. The summed E-state index contributed by atoms with van der Waals surface area (Å²) in [5, 5.41) is 5.91. The SMILES string of the molecule is O=C(CN1CCCC(C(=O)Nc2ccccc2)C1)NCc1ccccc1. The second-order valence-electron chi connectivity index (χ2n) is 6.69. The molecule has 0 saturated carbocycles. The molecule has 2 amide bonds. The molecule has 0 spiro atoms. The number of carbonyl (C=O) groups excluding carboxylic acids is 2. The van der Waals surface area contributed by atoms with Crippen LogP contribution in [0.25, 0.3) is 0 Å². The van der Waals surface area contributed by atoms with Crippen molar-refractivity contribution < 1.29 is 9.59 Å². The summed E-state index contributed by atoms with van der Waals surface area (Å²) in [4.78, 5) is 26.7. The van der Waals surface area contributed by atoms with Gasteiger partial charge in [0.1, 0.15) is 0 Å². The summed E-state index contributed by atoms with van der Waals surface area (Å²) in [6.45, 7) is 2.35. The van der Waals surface area contributed by atoms with E-state index in [2.05, 4.69) is 15.5 Å². The summed E-state index contributed by atoms with van der Waals surface area (Å²) in [6, 6.07) is 19.4. The number of amides is 2. The molecule has 0 radical (unpaired) electrons. The van der Waals surface area contributed by atoms with E-state index in [4.69, 9.17) is 0 Å². The Morgan fingerprint density at radius 3 is 2.42 bits per heavy atom. The van der Waals surface area contributed by atoms with Crippen LogP contribution in [0.5, 0.6) is 0 Å². The van der Waals surface area contributed by atoms with Crippen molar-refractivity contribution in [2.75, 3.05) is 25.0 Å². The van der Waals surface area contributed by atoms with Crippen molar-refractivity contribution in [3.63, 3.8) is 0 Å². The van der Waals surface area contributed by atoms with E-state index in [1.807, 2.05) is 60.7 Å². The number of nitrogens with one attached hydrogen (secondary N) is 2. The lowest BCUT2D eigenvalue weighted by molar-refractivity contribution is -0.125. The molecule has 1 heterocycles. The van der Waals surface area contributed by atoms with Crippen molar-refractivity contribution in [3.05, 3.63) is 66.2 Å². The van der Waals surface area contributed by atoms with Gasteiger partial charge in [-0.15, -0.1) is 0 Å². The zero-order valence-electron chi connectivity index (χ0n) is 14.9. The maximum Gasteiger partial charge on any atom is 0.234 e. The Kier molecular flexibility index (Phi) is 6.39. The van der Waals surface area contributed by atoms with Crippen molar-refractivity contribution >= 4 is 17.5 Å². The Bertz CT molecular complexity index is 719. The van der Waals surface area contributed by atoms with Crippen LogP contribution in [0.4, 0.5) is 5.69 Å². The second kappa shape index (κ2) is 9.15. The molecular weight excluding hydrogens is 326 g/mol. The van der Waals surface area contributed by atoms with E-state index in [1.54, 1.807) is 0 Å². The van der Waals surface area contributed by atoms with Crippen LogP contribution in [0.1, 0.15) is 18.4 Å². The number of hydrogen-bond donors (Lipinski definition) is 2. The van der Waals surface area contributed by atoms with Crippen molar-refractivity contribution in [1.82, 2.24) is 10.2 Å². The molecule has 5 nitrogen and oxygen atoms in total. The number of benzene rings is 2. The van der Waals surface area contributed by atoms with E-state index in [-0.39, 0.29) is 17.7 Å². The maximum atomic E-state index is 12.5. The summed E-state index contributed by atoms with van der Waals surface area (Å²) in [5.41, 5.74) is 1.90. The fourth-order valence-corrected chi connectivity index (χ4v) is 3.23. The summed E-state index contributed by atoms with van der Waals surface area (Å²) < 4.78 is 0. The minimum atomic E-state index is -0.0779. The van der Waals surface area contributed by atoms with Gasteiger partial charge in [-0.05, 0) is 37.1 Å². The highest BCUT2D eigenvalue weighted by Crippen LogP contribution is 2.18. The van der Waals surface area contributed by atoms with Crippen molar-refractivity contribution in [3.8, 4) is 0 Å². The number of anilines is 1. The van der Waals surface area contributed by atoms with Gasteiger partial charge in [0.25, 0.3) is 0 Å². The molecule has 26 heavy (non-hydrogen) atoms. The zero-order chi connectivity index (χ0) is 18.2. The van der Waals surface area contributed by atoms with Crippen molar-refractivity contribution in [2.24, 2.45) is 5.92 Å². The second-order valence-corrected chi connectivity index (χ2v) is 6.69. The van der Waals surface area contributed by atoms with Crippen LogP contribution < -0.4 is 10.6 Å². The van der Waals surface area contributed by atoms with Crippen LogP contribution in [-0.2, 0) is 16.1 Å². The minimum absolute atomic E-state index is 0.00188. The summed E-state index contributed by atoms with van der Waals surface area (Å²) >= 11 is 0. The molecule has 0 aliphatic carbocycles. The molecule has 1 aliphatic rings. The average molecular weight is 351 g/mol. The van der Waals surface area contributed by atoms with Crippen LogP contribution in [0.15, 0.2) is 60.7 Å². The number of likely N-dealkylation sites (tertiary alicyclic amines) is 1. The lowest BCUT2D eigenvalue weighted by Gasteiger charge is -2.31. The predicted molar refractivity (Wildman–Crippen MR) is 103 cm³/mol. The van der Waals surface area contributed by atoms with Crippen LogP contribution in [0.3, 0.4) is 0 Å². The lowest BCUT2D eigenvalue weighted by atomic mass is 9.97. The summed E-state index contributed by atoms with van der Waals surface area (Å²) in [5.74, 6) is -0.0468.